The highest BCUT2D eigenvalue weighted by molar-refractivity contribution is 14.1. The van der Waals surface area contributed by atoms with E-state index in [0.717, 1.165) is 11.3 Å². The molecule has 3 heteroatoms. The number of nitriles is 1. The van der Waals surface area contributed by atoms with Crippen LogP contribution in [0.4, 0.5) is 0 Å². The maximum atomic E-state index is 8.66. The first kappa shape index (κ1) is 9.87. The third kappa shape index (κ3) is 2.39. The Morgan fingerprint density at radius 3 is 2.92 bits per heavy atom. The van der Waals surface area contributed by atoms with Crippen LogP contribution < -0.4 is 0 Å². The summed E-state index contributed by atoms with van der Waals surface area (Å²) >= 11 is 4.06. The van der Waals surface area contributed by atoms with Gasteiger partial charge in [0.25, 0.3) is 0 Å². The highest BCUT2D eigenvalue weighted by Gasteiger charge is 2.00. The minimum absolute atomic E-state index is 0.742. The number of thioether (sulfide) groups is 1. The summed E-state index contributed by atoms with van der Waals surface area (Å²) in [6.45, 7) is 2.11. The van der Waals surface area contributed by atoms with Gasteiger partial charge in [-0.25, -0.2) is 0 Å². The van der Waals surface area contributed by atoms with Gasteiger partial charge < -0.3 is 0 Å². The highest BCUT2D eigenvalue weighted by atomic mass is 127. The minimum Gasteiger partial charge on any atom is -0.192 e. The second-order valence-electron chi connectivity index (χ2n) is 2.19. The van der Waals surface area contributed by atoms with Crippen molar-refractivity contribution in [1.29, 1.82) is 5.26 Å². The van der Waals surface area contributed by atoms with Gasteiger partial charge >= 0.3 is 0 Å². The predicted molar refractivity (Wildman–Crippen MR) is 60.3 cm³/mol. The Morgan fingerprint density at radius 2 is 2.33 bits per heavy atom. The normalized spacial score (nSPS) is 9.42. The molecule has 0 aliphatic rings. The summed E-state index contributed by atoms with van der Waals surface area (Å²) in [6.07, 6.45) is 0. The van der Waals surface area contributed by atoms with Crippen molar-refractivity contribution in [3.63, 3.8) is 0 Å². The number of halogens is 1. The third-order valence-corrected chi connectivity index (χ3v) is 3.60. The molecule has 0 fully saturated rings. The summed E-state index contributed by atoms with van der Waals surface area (Å²) in [6, 6.07) is 7.91. The number of nitrogens with zero attached hydrogens (tertiary/aromatic N) is 1. The Bertz CT molecular complexity index is 317. The zero-order valence-corrected chi connectivity index (χ0v) is 9.65. The molecule has 0 amide bonds. The van der Waals surface area contributed by atoms with Gasteiger partial charge in [0.2, 0.25) is 0 Å². The molecule has 1 nitrogen and oxygen atoms in total. The van der Waals surface area contributed by atoms with Crippen LogP contribution >= 0.6 is 34.4 Å². The Hall–Kier alpha value is -0.210. The smallest absolute Gasteiger partial charge is 0.0992 e. The first-order valence-corrected chi connectivity index (χ1v) is 5.66. The van der Waals surface area contributed by atoms with Gasteiger partial charge in [-0.2, -0.15) is 5.26 Å². The lowest BCUT2D eigenvalue weighted by atomic mass is 10.2. The molecule has 62 valence electrons. The van der Waals surface area contributed by atoms with Crippen LogP contribution in [-0.2, 0) is 0 Å². The Kier molecular flexibility index (Phi) is 3.89. The standard InChI is InChI=1S/C9H8INS/c1-2-12-9-5-7(6-11)3-4-8(9)10/h3-5H,2H2,1H3. The van der Waals surface area contributed by atoms with Crippen LogP contribution in [0.25, 0.3) is 0 Å². The molecule has 1 aromatic rings. The van der Waals surface area contributed by atoms with E-state index in [9.17, 15) is 0 Å². The SMILES string of the molecule is CCSc1cc(C#N)ccc1I. The molecule has 1 aromatic carbocycles. The molecule has 0 saturated heterocycles. The van der Waals surface area contributed by atoms with E-state index in [2.05, 4.69) is 35.6 Å². The van der Waals surface area contributed by atoms with Gasteiger partial charge in [0.15, 0.2) is 0 Å². The maximum absolute atomic E-state index is 8.66. The van der Waals surface area contributed by atoms with Crippen LogP contribution in [0.2, 0.25) is 0 Å². The van der Waals surface area contributed by atoms with Crippen molar-refractivity contribution in [2.24, 2.45) is 0 Å². The van der Waals surface area contributed by atoms with E-state index in [1.54, 1.807) is 11.8 Å². The summed E-state index contributed by atoms with van der Waals surface area (Å²) in [5, 5.41) is 8.66. The minimum atomic E-state index is 0.742. The fourth-order valence-corrected chi connectivity index (χ4v) is 2.37. The van der Waals surface area contributed by atoms with Crippen LogP contribution in [-0.4, -0.2) is 5.75 Å². The van der Waals surface area contributed by atoms with Gasteiger partial charge in [-0.15, -0.1) is 11.8 Å². The molecule has 0 heterocycles. The molecular formula is C9H8INS. The topological polar surface area (TPSA) is 23.8 Å². The van der Waals surface area contributed by atoms with Gasteiger partial charge in [-0.1, -0.05) is 6.92 Å². The lowest BCUT2D eigenvalue weighted by Gasteiger charge is -2.01. The fourth-order valence-electron chi connectivity index (χ4n) is 0.839. The van der Waals surface area contributed by atoms with Crippen LogP contribution in [0.5, 0.6) is 0 Å². The molecule has 0 aromatic heterocycles. The first-order chi connectivity index (χ1) is 5.77. The van der Waals surface area contributed by atoms with Gasteiger partial charge in [0.1, 0.15) is 0 Å². The second kappa shape index (κ2) is 4.73. The summed E-state index contributed by atoms with van der Waals surface area (Å²) < 4.78 is 1.22. The summed E-state index contributed by atoms with van der Waals surface area (Å²) in [4.78, 5) is 1.21. The van der Waals surface area contributed by atoms with E-state index in [4.69, 9.17) is 5.26 Å². The third-order valence-electron chi connectivity index (χ3n) is 1.36. The lowest BCUT2D eigenvalue weighted by molar-refractivity contribution is 1.35. The maximum Gasteiger partial charge on any atom is 0.0992 e. The molecule has 0 saturated carbocycles. The van der Waals surface area contributed by atoms with E-state index in [1.807, 2.05) is 18.2 Å². The molecule has 0 atom stereocenters. The van der Waals surface area contributed by atoms with Crippen LogP contribution in [0, 0.1) is 14.9 Å². The average Bonchev–Trinajstić information content (AvgIpc) is 2.09. The van der Waals surface area contributed by atoms with Crippen LogP contribution in [0.3, 0.4) is 0 Å². The van der Waals surface area contributed by atoms with Gasteiger partial charge in [-0.05, 0) is 46.5 Å². The van der Waals surface area contributed by atoms with E-state index >= 15 is 0 Å². The quantitative estimate of drug-likeness (QED) is 0.616. The second-order valence-corrected chi connectivity index (χ2v) is 4.66. The molecule has 12 heavy (non-hydrogen) atoms. The number of hydrogen-bond acceptors (Lipinski definition) is 2. The molecular weight excluding hydrogens is 281 g/mol. The first-order valence-electron chi connectivity index (χ1n) is 3.60. The predicted octanol–water partition coefficient (Wildman–Crippen LogP) is 3.27. The van der Waals surface area contributed by atoms with Crippen molar-refractivity contribution in [2.45, 2.75) is 11.8 Å². The van der Waals surface area contributed by atoms with Crippen LogP contribution in [0.1, 0.15) is 12.5 Å². The molecule has 0 unspecified atom stereocenters. The van der Waals surface area contributed by atoms with Crippen molar-refractivity contribution < 1.29 is 0 Å². The Balaban J connectivity index is 3.01. The number of benzene rings is 1. The molecule has 1 rings (SSSR count). The number of rotatable bonds is 2. The zero-order valence-electron chi connectivity index (χ0n) is 6.67. The zero-order chi connectivity index (χ0) is 8.97. The summed E-state index contributed by atoms with van der Waals surface area (Å²) in [5.41, 5.74) is 0.742. The van der Waals surface area contributed by atoms with Gasteiger partial charge in [0, 0.05) is 8.47 Å². The van der Waals surface area contributed by atoms with Crippen molar-refractivity contribution >= 4 is 34.4 Å². The monoisotopic (exact) mass is 289 g/mol. The molecule has 0 N–H and O–H groups in total. The van der Waals surface area contributed by atoms with Crippen molar-refractivity contribution in [3.05, 3.63) is 27.3 Å². The molecule has 0 radical (unpaired) electrons. The highest BCUT2D eigenvalue weighted by Crippen LogP contribution is 2.24. The van der Waals surface area contributed by atoms with E-state index in [1.165, 1.54) is 8.47 Å². The Labute approximate surface area is 90.3 Å². The van der Waals surface area contributed by atoms with E-state index < -0.39 is 0 Å². The summed E-state index contributed by atoms with van der Waals surface area (Å²) in [5.74, 6) is 1.05. The number of hydrogen-bond donors (Lipinski definition) is 0. The average molecular weight is 289 g/mol. The lowest BCUT2D eigenvalue weighted by Crippen LogP contribution is -1.82. The van der Waals surface area contributed by atoms with Crippen molar-refractivity contribution in [2.75, 3.05) is 5.75 Å². The molecule has 0 bridgehead atoms. The van der Waals surface area contributed by atoms with Crippen molar-refractivity contribution in [1.82, 2.24) is 0 Å². The van der Waals surface area contributed by atoms with Gasteiger partial charge in [0.05, 0.1) is 11.6 Å². The largest absolute Gasteiger partial charge is 0.192 e. The van der Waals surface area contributed by atoms with E-state index in [0.29, 0.717) is 0 Å². The molecule has 0 spiro atoms. The fraction of sp³-hybridized carbons (Fsp3) is 0.222. The molecule has 0 aliphatic heterocycles. The van der Waals surface area contributed by atoms with Crippen LogP contribution in [0.15, 0.2) is 23.1 Å². The summed E-state index contributed by atoms with van der Waals surface area (Å²) in [7, 11) is 0. The van der Waals surface area contributed by atoms with Gasteiger partial charge in [-0.3, -0.25) is 0 Å². The Morgan fingerprint density at radius 1 is 1.58 bits per heavy atom. The van der Waals surface area contributed by atoms with Crippen molar-refractivity contribution in [3.8, 4) is 6.07 Å². The molecule has 0 aliphatic carbocycles. The van der Waals surface area contributed by atoms with E-state index in [-0.39, 0.29) is 0 Å².